The third kappa shape index (κ3) is 4.21. The molecular formula is C39H48Cl2N4O7. The van der Waals surface area contributed by atoms with Gasteiger partial charge < -0.3 is 35.4 Å². The van der Waals surface area contributed by atoms with E-state index in [4.69, 9.17) is 19.7 Å². The molecule has 11 nitrogen and oxygen atoms in total. The smallest absolute Gasteiger partial charge is 0.166 e. The highest BCUT2D eigenvalue weighted by Crippen LogP contribution is 2.66. The van der Waals surface area contributed by atoms with Crippen LogP contribution in [0, 0.1) is 0 Å². The van der Waals surface area contributed by atoms with E-state index >= 15 is 0 Å². The molecule has 0 amide bonds. The second kappa shape index (κ2) is 12.2. The van der Waals surface area contributed by atoms with E-state index in [2.05, 4.69) is 23.0 Å². The van der Waals surface area contributed by atoms with Crippen molar-refractivity contribution in [1.29, 1.82) is 0 Å². The summed E-state index contributed by atoms with van der Waals surface area (Å²) < 4.78 is 13.4. The molecule has 280 valence electrons. The van der Waals surface area contributed by atoms with Crippen LogP contribution in [0.15, 0.2) is 59.3 Å². The van der Waals surface area contributed by atoms with Gasteiger partial charge in [-0.05, 0) is 81.5 Å². The van der Waals surface area contributed by atoms with Crippen molar-refractivity contribution in [2.24, 2.45) is 10.2 Å². The fourth-order valence-electron chi connectivity index (χ4n) is 12.1. The normalized spacial score (nSPS) is 38.4. The molecule has 4 heterocycles. The van der Waals surface area contributed by atoms with Gasteiger partial charge in [-0.25, -0.2) is 0 Å². The van der Waals surface area contributed by atoms with Gasteiger partial charge in [-0.1, -0.05) is 30.4 Å². The number of likely N-dealkylation sites (tertiary alicyclic amines) is 2. The molecule has 6 N–H and O–H groups in total. The first-order chi connectivity index (χ1) is 23.6. The summed E-state index contributed by atoms with van der Waals surface area (Å²) in [6.07, 6.45) is 5.51. The van der Waals surface area contributed by atoms with Gasteiger partial charge in [-0.3, -0.25) is 9.80 Å². The van der Waals surface area contributed by atoms with Gasteiger partial charge in [0.2, 0.25) is 0 Å². The lowest BCUT2D eigenvalue weighted by molar-refractivity contribution is -0.164. The standard InChI is InChI=1S/C39H44N4O6.2ClH.H2O/c1-4-15-42-16-13-36-30-22-5-7-26(44)32(30)48-34(36)24(9-11-38(36,46)28(42)18-22)40-41-25-10-12-39(47)29-19-23-6-8-27(45)33-31(23)37(39,35(25)49-33)14-17-43(29)20-21(2)3;;;/h4-8,28-29,34-35,44-47H,1-2,9-20H2,3H3;2*1H;1H2/b40-24+,41-25+;;;/t28-,29-,34+,35+,36+,37+,38-,39-;;;/m1.../s1. The highest BCUT2D eigenvalue weighted by Gasteiger charge is 2.74. The molecule has 10 rings (SSSR count). The lowest BCUT2D eigenvalue weighted by atomic mass is 9.48. The Balaban J connectivity index is 0.00000140. The highest BCUT2D eigenvalue weighted by molar-refractivity contribution is 5.98. The molecule has 4 aliphatic carbocycles. The van der Waals surface area contributed by atoms with E-state index in [-0.39, 0.29) is 53.9 Å². The molecule has 4 fully saturated rings. The van der Waals surface area contributed by atoms with Gasteiger partial charge in [0.1, 0.15) is 0 Å². The van der Waals surface area contributed by atoms with E-state index in [1.165, 1.54) is 0 Å². The summed E-state index contributed by atoms with van der Waals surface area (Å²) in [5.41, 5.74) is 3.05. The molecule has 2 aromatic rings. The summed E-state index contributed by atoms with van der Waals surface area (Å²) in [6.45, 7) is 13.2. The molecular weight excluding hydrogens is 707 g/mol. The molecule has 52 heavy (non-hydrogen) atoms. The fourth-order valence-corrected chi connectivity index (χ4v) is 12.1. The zero-order valence-electron chi connectivity index (χ0n) is 29.3. The predicted octanol–water partition coefficient (Wildman–Crippen LogP) is 3.68. The summed E-state index contributed by atoms with van der Waals surface area (Å²) >= 11 is 0. The van der Waals surface area contributed by atoms with Crippen molar-refractivity contribution in [3.63, 3.8) is 0 Å². The molecule has 8 aliphatic rings. The number of halogens is 2. The van der Waals surface area contributed by atoms with E-state index in [0.29, 0.717) is 69.4 Å². The second-order valence-electron chi connectivity index (χ2n) is 16.0. The van der Waals surface area contributed by atoms with Crippen molar-refractivity contribution >= 4 is 36.2 Å². The molecule has 0 unspecified atom stereocenters. The summed E-state index contributed by atoms with van der Waals surface area (Å²) in [7, 11) is 0. The number of aromatic hydroxyl groups is 2. The Kier molecular flexibility index (Phi) is 8.70. The lowest BCUT2D eigenvalue weighted by Crippen LogP contribution is -2.76. The van der Waals surface area contributed by atoms with Gasteiger partial charge in [-0.2, -0.15) is 10.2 Å². The highest BCUT2D eigenvalue weighted by atomic mass is 35.5. The topological polar surface area (TPSA) is 162 Å². The fraction of sp³-hybridized carbons (Fsp3) is 0.538. The van der Waals surface area contributed by atoms with Crippen LogP contribution in [0.25, 0.3) is 0 Å². The van der Waals surface area contributed by atoms with Crippen LogP contribution in [0.4, 0.5) is 0 Å². The maximum atomic E-state index is 12.8. The third-order valence-corrected chi connectivity index (χ3v) is 13.9. The number of aliphatic hydroxyl groups is 2. The third-order valence-electron chi connectivity index (χ3n) is 13.9. The van der Waals surface area contributed by atoms with Crippen LogP contribution < -0.4 is 9.47 Å². The number of benzene rings is 2. The molecule has 4 aliphatic heterocycles. The number of hydrogen-bond donors (Lipinski definition) is 4. The number of nitrogens with zero attached hydrogens (tertiary/aromatic N) is 4. The van der Waals surface area contributed by atoms with Gasteiger partial charge in [0.05, 0.1) is 33.5 Å². The van der Waals surface area contributed by atoms with E-state index in [1.807, 2.05) is 25.1 Å². The average molecular weight is 756 g/mol. The largest absolute Gasteiger partial charge is 0.504 e. The van der Waals surface area contributed by atoms with Crippen LogP contribution in [0.1, 0.15) is 67.7 Å². The zero-order valence-corrected chi connectivity index (χ0v) is 30.9. The van der Waals surface area contributed by atoms with Crippen LogP contribution in [0.2, 0.25) is 0 Å². The Morgan fingerprint density at radius 2 is 1.27 bits per heavy atom. The number of piperidine rings is 2. The van der Waals surface area contributed by atoms with Crippen LogP contribution >= 0.6 is 24.8 Å². The van der Waals surface area contributed by atoms with Crippen molar-refractivity contribution in [2.75, 3.05) is 26.2 Å². The molecule has 2 saturated carbocycles. The SMILES string of the molecule is C=CCN1CC[C@]23c4c5ccc(O)c4O[C@H]2/C(=N/N=C2\CC[C@@]4(O)[C@H]6Cc7ccc(O)c8c7[C@@]4(CCN6CC(=C)C)[C@H]2O8)CC[C@@]3(O)[C@H]1C5.Cl.Cl.O. The molecule has 2 spiro atoms. The first-order valence-corrected chi connectivity index (χ1v) is 17.9. The van der Waals surface area contributed by atoms with E-state index < -0.39 is 34.2 Å². The van der Waals surface area contributed by atoms with E-state index in [0.717, 1.165) is 58.9 Å². The molecule has 13 heteroatoms. The maximum Gasteiger partial charge on any atom is 0.166 e. The molecule has 2 aromatic carbocycles. The van der Waals surface area contributed by atoms with Gasteiger partial charge in [0, 0.05) is 49.4 Å². The summed E-state index contributed by atoms with van der Waals surface area (Å²) in [4.78, 5) is 4.71. The Morgan fingerprint density at radius 3 is 1.73 bits per heavy atom. The maximum absolute atomic E-state index is 12.8. The van der Waals surface area contributed by atoms with Gasteiger partial charge in [0.15, 0.2) is 35.2 Å². The summed E-state index contributed by atoms with van der Waals surface area (Å²) in [5, 5.41) is 57.6. The van der Waals surface area contributed by atoms with Crippen LogP contribution in [0.5, 0.6) is 23.0 Å². The van der Waals surface area contributed by atoms with Crippen molar-refractivity contribution in [3.05, 3.63) is 71.3 Å². The first kappa shape index (κ1) is 37.2. The number of phenolic OH excluding ortho intramolecular Hbond substituents is 2. The monoisotopic (exact) mass is 754 g/mol. The first-order valence-electron chi connectivity index (χ1n) is 17.9. The predicted molar refractivity (Wildman–Crippen MR) is 202 cm³/mol. The Hall–Kier alpha value is -3.16. The average Bonchev–Trinajstić information content (AvgIpc) is 3.61. The van der Waals surface area contributed by atoms with E-state index in [1.54, 1.807) is 12.1 Å². The number of phenols is 2. The van der Waals surface area contributed by atoms with Gasteiger partial charge >= 0.3 is 0 Å². The van der Waals surface area contributed by atoms with E-state index in [9.17, 15) is 20.4 Å². The van der Waals surface area contributed by atoms with Crippen LogP contribution in [-0.4, -0.2) is 109 Å². The summed E-state index contributed by atoms with van der Waals surface area (Å²) in [5.74, 6) is 1.11. The Labute approximate surface area is 315 Å². The second-order valence-corrected chi connectivity index (χ2v) is 16.0. The minimum atomic E-state index is -1.06. The van der Waals surface area contributed by atoms with Crippen molar-refractivity contribution in [3.8, 4) is 23.0 Å². The van der Waals surface area contributed by atoms with Gasteiger partial charge in [0.25, 0.3) is 0 Å². The molecule has 0 radical (unpaired) electrons. The lowest BCUT2D eigenvalue weighted by Gasteiger charge is -2.63. The van der Waals surface area contributed by atoms with Gasteiger partial charge in [-0.15, -0.1) is 31.4 Å². The zero-order chi connectivity index (χ0) is 33.7. The minimum absolute atomic E-state index is 0. The van der Waals surface area contributed by atoms with Crippen LogP contribution in [-0.2, 0) is 23.7 Å². The van der Waals surface area contributed by atoms with Crippen molar-refractivity contribution < 1.29 is 35.4 Å². The molecule has 4 bridgehead atoms. The Morgan fingerprint density at radius 1 is 0.808 bits per heavy atom. The van der Waals surface area contributed by atoms with Crippen LogP contribution in [0.3, 0.4) is 0 Å². The number of ether oxygens (including phenoxy) is 2. The van der Waals surface area contributed by atoms with Crippen molar-refractivity contribution in [1.82, 2.24) is 9.80 Å². The Bertz CT molecular complexity index is 1940. The minimum Gasteiger partial charge on any atom is -0.504 e. The molecule has 0 aromatic heterocycles. The number of hydrogen-bond acceptors (Lipinski definition) is 10. The molecule has 8 atom stereocenters. The molecule has 2 saturated heterocycles. The quantitative estimate of drug-likeness (QED) is 0.266. The summed E-state index contributed by atoms with van der Waals surface area (Å²) in [6, 6.07) is 7.19. The number of rotatable bonds is 5. The van der Waals surface area contributed by atoms with Crippen molar-refractivity contribution in [2.45, 2.75) is 105 Å².